The van der Waals surface area contributed by atoms with Crippen LogP contribution in [0.4, 0.5) is 23.5 Å². The van der Waals surface area contributed by atoms with Gasteiger partial charge in [0.05, 0.1) is 11.3 Å². The zero-order valence-corrected chi connectivity index (χ0v) is 22.3. The van der Waals surface area contributed by atoms with Gasteiger partial charge < -0.3 is 5.32 Å². The summed E-state index contributed by atoms with van der Waals surface area (Å²) >= 11 is 0. The van der Waals surface area contributed by atoms with Gasteiger partial charge in [-0.05, 0) is 68.7 Å². The second-order valence-electron chi connectivity index (χ2n) is 11.0. The van der Waals surface area contributed by atoms with Gasteiger partial charge in [-0.3, -0.25) is 0 Å². The molecule has 0 spiro atoms. The number of halogens is 4. The van der Waals surface area contributed by atoms with Crippen molar-refractivity contribution >= 4 is 5.95 Å². The number of nitrogens with one attached hydrogen (secondary N) is 1. The lowest BCUT2D eigenvalue weighted by molar-refractivity contribution is -0.137. The zero-order valence-electron chi connectivity index (χ0n) is 22.3. The van der Waals surface area contributed by atoms with E-state index in [2.05, 4.69) is 17.2 Å². The lowest BCUT2D eigenvalue weighted by Gasteiger charge is -2.34. The maximum absolute atomic E-state index is 14.8. The maximum Gasteiger partial charge on any atom is 0.417 e. The van der Waals surface area contributed by atoms with Crippen LogP contribution in [0.5, 0.6) is 0 Å². The molecular formula is C31H35F4N3. The summed E-state index contributed by atoms with van der Waals surface area (Å²) in [6.07, 6.45) is 4.84. The maximum atomic E-state index is 14.8. The fourth-order valence-corrected chi connectivity index (χ4v) is 6.25. The number of allylic oxidation sites excluding steroid dienone is 4. The third kappa shape index (κ3) is 5.29. The van der Waals surface area contributed by atoms with Crippen LogP contribution in [0.2, 0.25) is 0 Å². The summed E-state index contributed by atoms with van der Waals surface area (Å²) < 4.78 is 56.6. The third-order valence-corrected chi connectivity index (χ3v) is 8.37. The molecule has 1 N–H and O–H groups in total. The monoisotopic (exact) mass is 525 g/mol. The molecule has 202 valence electrons. The number of alkyl halides is 3. The molecule has 3 aliphatic carbocycles. The summed E-state index contributed by atoms with van der Waals surface area (Å²) in [6.45, 7) is 6.09. The molecule has 1 heterocycles. The summed E-state index contributed by atoms with van der Waals surface area (Å²) in [5.41, 5.74) is 4.29. The predicted molar refractivity (Wildman–Crippen MR) is 143 cm³/mol. The van der Waals surface area contributed by atoms with Gasteiger partial charge in [0.25, 0.3) is 0 Å². The van der Waals surface area contributed by atoms with Gasteiger partial charge in [-0.25, -0.2) is 14.4 Å². The molecule has 7 heteroatoms. The number of anilines is 1. The van der Waals surface area contributed by atoms with Crippen LogP contribution in [0.25, 0.3) is 11.3 Å². The van der Waals surface area contributed by atoms with E-state index in [1.807, 2.05) is 13.8 Å². The van der Waals surface area contributed by atoms with Gasteiger partial charge in [-0.15, -0.1) is 0 Å². The molecule has 38 heavy (non-hydrogen) atoms. The van der Waals surface area contributed by atoms with Crippen molar-refractivity contribution in [2.24, 2.45) is 11.8 Å². The van der Waals surface area contributed by atoms with Crippen molar-refractivity contribution in [2.45, 2.75) is 84.2 Å². The lowest BCUT2D eigenvalue weighted by atomic mass is 9.74. The van der Waals surface area contributed by atoms with Gasteiger partial charge in [0.1, 0.15) is 5.83 Å². The lowest BCUT2D eigenvalue weighted by Crippen LogP contribution is -2.23. The van der Waals surface area contributed by atoms with Crippen molar-refractivity contribution in [3.8, 4) is 11.3 Å². The predicted octanol–water partition coefficient (Wildman–Crippen LogP) is 9.52. The zero-order chi connectivity index (χ0) is 27.0. The fraction of sp³-hybridized carbons (Fsp3) is 0.484. The Kier molecular flexibility index (Phi) is 7.47. The van der Waals surface area contributed by atoms with Crippen molar-refractivity contribution in [1.29, 1.82) is 0 Å². The molecule has 0 radical (unpaired) electrons. The highest BCUT2D eigenvalue weighted by molar-refractivity contribution is 5.67. The summed E-state index contributed by atoms with van der Waals surface area (Å²) in [5.74, 6) is 0.496. The van der Waals surface area contributed by atoms with E-state index in [-0.39, 0.29) is 34.9 Å². The topological polar surface area (TPSA) is 37.8 Å². The van der Waals surface area contributed by atoms with E-state index in [1.165, 1.54) is 17.7 Å². The van der Waals surface area contributed by atoms with Crippen molar-refractivity contribution in [3.05, 3.63) is 75.9 Å². The van der Waals surface area contributed by atoms with E-state index in [0.717, 1.165) is 73.5 Å². The smallest absolute Gasteiger partial charge is 0.324 e. The molecule has 5 rings (SSSR count). The summed E-state index contributed by atoms with van der Waals surface area (Å²) in [5, 5.41) is 3.36. The van der Waals surface area contributed by atoms with Crippen LogP contribution in [0.3, 0.4) is 0 Å². The molecule has 1 saturated carbocycles. The van der Waals surface area contributed by atoms with Crippen LogP contribution < -0.4 is 5.32 Å². The molecule has 1 aromatic carbocycles. The van der Waals surface area contributed by atoms with Crippen molar-refractivity contribution in [2.75, 3.05) is 5.32 Å². The van der Waals surface area contributed by atoms with Crippen molar-refractivity contribution in [1.82, 2.24) is 9.97 Å². The molecule has 3 nitrogen and oxygen atoms in total. The summed E-state index contributed by atoms with van der Waals surface area (Å²) in [4.78, 5) is 9.46. The molecule has 0 saturated heterocycles. The molecule has 2 atom stereocenters. The van der Waals surface area contributed by atoms with E-state index in [4.69, 9.17) is 4.98 Å². The van der Waals surface area contributed by atoms with Gasteiger partial charge in [-0.2, -0.15) is 13.2 Å². The second kappa shape index (κ2) is 10.7. The Labute approximate surface area is 222 Å². The van der Waals surface area contributed by atoms with Crippen LogP contribution in [-0.4, -0.2) is 9.97 Å². The minimum atomic E-state index is -4.50. The third-order valence-electron chi connectivity index (χ3n) is 8.37. The second-order valence-corrected chi connectivity index (χ2v) is 11.0. The van der Waals surface area contributed by atoms with Crippen molar-refractivity contribution in [3.63, 3.8) is 0 Å². The quantitative estimate of drug-likeness (QED) is 0.395. The van der Waals surface area contributed by atoms with Gasteiger partial charge in [0, 0.05) is 34.4 Å². The Bertz CT molecular complexity index is 1300. The molecule has 2 unspecified atom stereocenters. The highest BCUT2D eigenvalue weighted by Gasteiger charge is 2.35. The Morgan fingerprint density at radius 1 is 1.03 bits per heavy atom. The first-order chi connectivity index (χ1) is 18.2. The van der Waals surface area contributed by atoms with Crippen LogP contribution >= 0.6 is 0 Å². The first-order valence-electron chi connectivity index (χ1n) is 13.8. The Morgan fingerprint density at radius 2 is 1.76 bits per heavy atom. The van der Waals surface area contributed by atoms with Crippen LogP contribution in [0.1, 0.15) is 89.3 Å². The number of hydrogen-bond acceptors (Lipinski definition) is 3. The largest absolute Gasteiger partial charge is 0.417 e. The Hall–Kier alpha value is -2.96. The number of rotatable bonds is 5. The van der Waals surface area contributed by atoms with Gasteiger partial charge in [0.2, 0.25) is 5.95 Å². The average molecular weight is 526 g/mol. The normalized spacial score (nSPS) is 22.9. The Balaban J connectivity index is 1.61. The fourth-order valence-electron chi connectivity index (χ4n) is 6.25. The van der Waals surface area contributed by atoms with Gasteiger partial charge in [-0.1, -0.05) is 56.9 Å². The highest BCUT2D eigenvalue weighted by atomic mass is 19.4. The first-order valence-corrected chi connectivity index (χ1v) is 13.8. The average Bonchev–Trinajstić information content (AvgIpc) is 2.91. The molecule has 3 aliphatic rings. The number of aromatic nitrogens is 2. The summed E-state index contributed by atoms with van der Waals surface area (Å²) in [6, 6.07) is 7.30. The van der Waals surface area contributed by atoms with Crippen molar-refractivity contribution < 1.29 is 17.6 Å². The van der Waals surface area contributed by atoms with E-state index in [0.29, 0.717) is 12.3 Å². The van der Waals surface area contributed by atoms with E-state index < -0.39 is 11.7 Å². The molecule has 1 fully saturated rings. The number of nitrogens with zero attached hydrogens (tertiary/aromatic N) is 2. The van der Waals surface area contributed by atoms with Crippen LogP contribution in [0.15, 0.2) is 64.7 Å². The van der Waals surface area contributed by atoms with Crippen LogP contribution in [-0.2, 0) is 6.18 Å². The highest BCUT2D eigenvalue weighted by Crippen LogP contribution is 2.45. The van der Waals surface area contributed by atoms with E-state index in [1.54, 1.807) is 18.2 Å². The molecule has 2 aromatic rings. The SMILES string of the molecule is CCC1CC(C)=C(Nc2nc(-c3ccccc3C(F)(F)F)cc(C3CCCCC3)n2)C2=C1CC(C)C(F)=C2. The number of hydrogen-bond donors (Lipinski definition) is 1. The Morgan fingerprint density at radius 3 is 2.47 bits per heavy atom. The van der Waals surface area contributed by atoms with Gasteiger partial charge >= 0.3 is 6.18 Å². The van der Waals surface area contributed by atoms with Gasteiger partial charge in [0.15, 0.2) is 0 Å². The number of benzene rings is 1. The summed E-state index contributed by atoms with van der Waals surface area (Å²) in [7, 11) is 0. The van der Waals surface area contributed by atoms with E-state index in [9.17, 15) is 17.6 Å². The van der Waals surface area contributed by atoms with Crippen LogP contribution in [0, 0.1) is 11.8 Å². The molecular weight excluding hydrogens is 490 g/mol. The standard InChI is InChI=1S/C31H35F4N3/c1-4-20-14-19(3)29(24-16-26(32)18(2)15-23(20)24)38-30-36-27(21-10-6-5-7-11-21)17-28(37-30)22-12-8-9-13-25(22)31(33,34)35/h8-9,12-13,16-18,20-21H,4-7,10-11,14-15H2,1-3H3,(H,36,37,38). The molecule has 0 bridgehead atoms. The minimum absolute atomic E-state index is 0.0419. The molecule has 1 aromatic heterocycles. The first kappa shape index (κ1) is 26.6. The minimum Gasteiger partial charge on any atom is -0.324 e. The van der Waals surface area contributed by atoms with E-state index >= 15 is 0 Å². The molecule has 0 amide bonds. The molecule has 0 aliphatic heterocycles.